The summed E-state index contributed by atoms with van der Waals surface area (Å²) in [4.78, 5) is 30.4. The molecule has 0 spiro atoms. The molecule has 33 heavy (non-hydrogen) atoms. The van der Waals surface area contributed by atoms with Gasteiger partial charge in [0.05, 0.1) is 32.3 Å². The Hall–Kier alpha value is -3.06. The van der Waals surface area contributed by atoms with Gasteiger partial charge >= 0.3 is 0 Å². The van der Waals surface area contributed by atoms with Gasteiger partial charge in [-0.15, -0.1) is 0 Å². The molecule has 2 unspecified atom stereocenters. The third kappa shape index (κ3) is 5.30. The van der Waals surface area contributed by atoms with Crippen LogP contribution in [0.4, 0.5) is 11.4 Å². The number of morpholine rings is 1. The van der Waals surface area contributed by atoms with E-state index in [1.54, 1.807) is 7.11 Å². The lowest BCUT2D eigenvalue weighted by atomic mass is 9.92. The maximum atomic E-state index is 13.3. The minimum absolute atomic E-state index is 0.0343. The van der Waals surface area contributed by atoms with Crippen LogP contribution < -0.4 is 15.0 Å². The Labute approximate surface area is 195 Å². The van der Waals surface area contributed by atoms with Crippen LogP contribution >= 0.6 is 0 Å². The monoisotopic (exact) mass is 451 g/mol. The average molecular weight is 452 g/mol. The van der Waals surface area contributed by atoms with Crippen molar-refractivity contribution < 1.29 is 19.1 Å². The highest BCUT2D eigenvalue weighted by Gasteiger charge is 2.44. The Morgan fingerprint density at radius 3 is 2.42 bits per heavy atom. The Morgan fingerprint density at radius 2 is 1.79 bits per heavy atom. The Balaban J connectivity index is 1.50. The van der Waals surface area contributed by atoms with Gasteiger partial charge < -0.3 is 24.6 Å². The van der Waals surface area contributed by atoms with E-state index in [0.29, 0.717) is 6.54 Å². The summed E-state index contributed by atoms with van der Waals surface area (Å²) >= 11 is 0. The fourth-order valence-electron chi connectivity index (χ4n) is 4.64. The topological polar surface area (TPSA) is 71.1 Å². The first-order valence-electron chi connectivity index (χ1n) is 11.8. The number of carbonyl (C=O) groups excluding carboxylic acids is 2. The zero-order valence-corrected chi connectivity index (χ0v) is 19.5. The minimum atomic E-state index is -0.443. The highest BCUT2D eigenvalue weighted by Crippen LogP contribution is 2.39. The summed E-state index contributed by atoms with van der Waals surface area (Å²) in [5, 5.41) is 3.05. The van der Waals surface area contributed by atoms with E-state index in [2.05, 4.69) is 17.1 Å². The van der Waals surface area contributed by atoms with Gasteiger partial charge in [-0.25, -0.2) is 0 Å². The van der Waals surface area contributed by atoms with Crippen molar-refractivity contribution in [3.63, 3.8) is 0 Å². The fourth-order valence-corrected chi connectivity index (χ4v) is 4.64. The Bertz CT molecular complexity index is 939. The molecule has 2 atom stereocenters. The fraction of sp³-hybridized carbons (Fsp3) is 0.462. The molecule has 0 aromatic heterocycles. The van der Waals surface area contributed by atoms with E-state index in [-0.39, 0.29) is 24.3 Å². The summed E-state index contributed by atoms with van der Waals surface area (Å²) in [6.45, 7) is 5.96. The van der Waals surface area contributed by atoms with Crippen molar-refractivity contribution in [3.8, 4) is 5.75 Å². The maximum absolute atomic E-state index is 13.3. The number of methoxy groups -OCH3 is 1. The predicted octanol–water partition coefficient (Wildman–Crippen LogP) is 3.86. The quantitative estimate of drug-likeness (QED) is 0.660. The largest absolute Gasteiger partial charge is 0.497 e. The lowest BCUT2D eigenvalue weighted by molar-refractivity contribution is -0.129. The highest BCUT2D eigenvalue weighted by molar-refractivity contribution is 5.98. The van der Waals surface area contributed by atoms with Crippen LogP contribution in [0.2, 0.25) is 0 Å². The first kappa shape index (κ1) is 23.1. The van der Waals surface area contributed by atoms with Gasteiger partial charge in [-0.05, 0) is 48.4 Å². The van der Waals surface area contributed by atoms with Crippen LogP contribution in [0.15, 0.2) is 48.5 Å². The van der Waals surface area contributed by atoms with Crippen molar-refractivity contribution in [2.45, 2.75) is 32.2 Å². The number of carbonyl (C=O) groups is 2. The van der Waals surface area contributed by atoms with Crippen molar-refractivity contribution >= 4 is 23.2 Å². The summed E-state index contributed by atoms with van der Waals surface area (Å²) in [5.41, 5.74) is 2.82. The molecule has 1 N–H and O–H groups in total. The summed E-state index contributed by atoms with van der Waals surface area (Å²) < 4.78 is 10.7. The second kappa shape index (κ2) is 10.7. The second-order valence-electron chi connectivity index (χ2n) is 8.60. The van der Waals surface area contributed by atoms with Gasteiger partial charge in [0.25, 0.3) is 0 Å². The number of unbranched alkanes of at least 4 members (excludes halogenated alkanes) is 1. The normalized spacial score (nSPS) is 20.7. The van der Waals surface area contributed by atoms with Crippen LogP contribution in [0.1, 0.15) is 37.8 Å². The van der Waals surface area contributed by atoms with Crippen LogP contribution in [0, 0.1) is 5.92 Å². The summed E-state index contributed by atoms with van der Waals surface area (Å²) in [5.74, 6) is 0.223. The number of nitrogens with one attached hydrogen (secondary N) is 1. The van der Waals surface area contributed by atoms with Gasteiger partial charge in [-0.2, -0.15) is 0 Å². The molecule has 2 saturated heterocycles. The molecule has 2 fully saturated rings. The number of hydrogen-bond donors (Lipinski definition) is 1. The van der Waals surface area contributed by atoms with E-state index in [9.17, 15) is 9.59 Å². The zero-order valence-electron chi connectivity index (χ0n) is 19.5. The lowest BCUT2D eigenvalue weighted by Crippen LogP contribution is -2.36. The van der Waals surface area contributed by atoms with E-state index >= 15 is 0 Å². The minimum Gasteiger partial charge on any atom is -0.497 e. The number of nitrogens with zero attached hydrogens (tertiary/aromatic N) is 2. The number of benzene rings is 2. The van der Waals surface area contributed by atoms with Crippen molar-refractivity contribution in [1.29, 1.82) is 0 Å². The number of rotatable bonds is 8. The van der Waals surface area contributed by atoms with Gasteiger partial charge in [0.2, 0.25) is 11.8 Å². The molecule has 0 bridgehead atoms. The molecular weight excluding hydrogens is 418 g/mol. The molecular formula is C26H33N3O4. The first-order valence-corrected chi connectivity index (χ1v) is 11.8. The van der Waals surface area contributed by atoms with E-state index in [0.717, 1.165) is 61.8 Å². The predicted molar refractivity (Wildman–Crippen MR) is 129 cm³/mol. The average Bonchev–Trinajstić information content (AvgIpc) is 3.19. The summed E-state index contributed by atoms with van der Waals surface area (Å²) in [6.07, 6.45) is 2.12. The van der Waals surface area contributed by atoms with Crippen LogP contribution in [-0.4, -0.2) is 56.7 Å². The van der Waals surface area contributed by atoms with Crippen LogP contribution in [0.25, 0.3) is 0 Å². The first-order chi connectivity index (χ1) is 16.1. The molecule has 2 amide bonds. The molecule has 7 nitrogen and oxygen atoms in total. The molecule has 0 radical (unpaired) electrons. The molecule has 2 aliphatic rings. The molecule has 0 saturated carbocycles. The number of likely N-dealkylation sites (tertiary alicyclic amines) is 1. The van der Waals surface area contributed by atoms with Crippen LogP contribution in [0.5, 0.6) is 5.75 Å². The van der Waals surface area contributed by atoms with Crippen LogP contribution in [-0.2, 0) is 14.3 Å². The molecule has 4 rings (SSSR count). The van der Waals surface area contributed by atoms with E-state index < -0.39 is 5.92 Å². The Kier molecular flexibility index (Phi) is 7.50. The highest BCUT2D eigenvalue weighted by atomic mass is 16.5. The molecule has 7 heteroatoms. The lowest BCUT2D eigenvalue weighted by Gasteiger charge is -2.29. The second-order valence-corrected chi connectivity index (χ2v) is 8.60. The third-order valence-corrected chi connectivity index (χ3v) is 6.49. The van der Waals surface area contributed by atoms with E-state index in [4.69, 9.17) is 9.47 Å². The van der Waals surface area contributed by atoms with Gasteiger partial charge in [0.1, 0.15) is 5.75 Å². The standard InChI is InChI=1S/C26H33N3O4/c1-3-4-13-29-24(30)18-23(25(29)19-5-11-22(32-2)12-6-19)26(31)27-20-7-9-21(10-8-20)28-14-16-33-17-15-28/h5-12,23,25H,3-4,13-18H2,1-2H3,(H,27,31). The summed E-state index contributed by atoms with van der Waals surface area (Å²) in [7, 11) is 1.63. The van der Waals surface area contributed by atoms with Crippen molar-refractivity contribution in [3.05, 3.63) is 54.1 Å². The van der Waals surface area contributed by atoms with E-state index in [1.807, 2.05) is 53.4 Å². The van der Waals surface area contributed by atoms with Gasteiger partial charge in [-0.3, -0.25) is 9.59 Å². The molecule has 176 valence electrons. The van der Waals surface area contributed by atoms with Crippen molar-refractivity contribution in [1.82, 2.24) is 4.90 Å². The van der Waals surface area contributed by atoms with Crippen molar-refractivity contribution in [2.24, 2.45) is 5.92 Å². The number of hydrogen-bond acceptors (Lipinski definition) is 5. The third-order valence-electron chi connectivity index (χ3n) is 6.49. The number of ether oxygens (including phenoxy) is 2. The van der Waals surface area contributed by atoms with Crippen LogP contribution in [0.3, 0.4) is 0 Å². The van der Waals surface area contributed by atoms with Gasteiger partial charge in [-0.1, -0.05) is 25.5 Å². The maximum Gasteiger partial charge on any atom is 0.230 e. The summed E-state index contributed by atoms with van der Waals surface area (Å²) in [6, 6.07) is 15.3. The van der Waals surface area contributed by atoms with Gasteiger partial charge in [0, 0.05) is 37.4 Å². The number of anilines is 2. The van der Waals surface area contributed by atoms with E-state index in [1.165, 1.54) is 0 Å². The molecule has 2 heterocycles. The van der Waals surface area contributed by atoms with Gasteiger partial charge in [0.15, 0.2) is 0 Å². The molecule has 0 aliphatic carbocycles. The Morgan fingerprint density at radius 1 is 1.09 bits per heavy atom. The smallest absolute Gasteiger partial charge is 0.230 e. The SMILES string of the molecule is CCCCN1C(=O)CC(C(=O)Nc2ccc(N3CCOCC3)cc2)C1c1ccc(OC)cc1. The molecule has 2 aromatic carbocycles. The molecule has 2 aromatic rings. The molecule has 2 aliphatic heterocycles. The van der Waals surface area contributed by atoms with Crippen molar-refractivity contribution in [2.75, 3.05) is 50.2 Å². The zero-order chi connectivity index (χ0) is 23.2. The number of amides is 2.